The summed E-state index contributed by atoms with van der Waals surface area (Å²) in [4.78, 5) is 5.77. The Balaban J connectivity index is 1.93. The third kappa shape index (κ3) is 1.98. The number of nitrogens with one attached hydrogen (secondary N) is 1. The predicted octanol–water partition coefficient (Wildman–Crippen LogP) is 2.84. The van der Waals surface area contributed by atoms with Gasteiger partial charge in [0, 0.05) is 29.6 Å². The highest BCUT2D eigenvalue weighted by molar-refractivity contribution is 7.11. The molecule has 1 fully saturated rings. The smallest absolute Gasteiger partial charge is 0.0896 e. The van der Waals surface area contributed by atoms with Gasteiger partial charge in [-0.1, -0.05) is 24.3 Å². The lowest BCUT2D eigenvalue weighted by atomic mass is 9.71. The number of rotatable bonds is 3. The molecule has 18 heavy (non-hydrogen) atoms. The molecule has 1 aliphatic heterocycles. The van der Waals surface area contributed by atoms with E-state index in [2.05, 4.69) is 48.4 Å². The van der Waals surface area contributed by atoms with Gasteiger partial charge in [0.1, 0.15) is 0 Å². The number of hydrogen-bond acceptors (Lipinski definition) is 3. The number of thiazole rings is 1. The lowest BCUT2D eigenvalue weighted by Gasteiger charge is -2.44. The van der Waals surface area contributed by atoms with Crippen molar-refractivity contribution in [1.82, 2.24) is 10.3 Å². The number of aromatic nitrogens is 1. The molecular weight excluding hydrogens is 240 g/mol. The van der Waals surface area contributed by atoms with Crippen LogP contribution >= 0.6 is 11.3 Å². The standard InChI is InChI=1S/C15H18N2S/c1-11-5-3-4-6-14(11)15(9-16-10-15)7-13-8-17-12(2)18-13/h3-6,8,16H,7,9-10H2,1-2H3. The van der Waals surface area contributed by atoms with Crippen molar-refractivity contribution in [1.29, 1.82) is 0 Å². The molecule has 3 rings (SSSR count). The van der Waals surface area contributed by atoms with Crippen LogP contribution in [0.5, 0.6) is 0 Å². The van der Waals surface area contributed by atoms with Crippen LogP contribution in [0.4, 0.5) is 0 Å². The molecule has 0 atom stereocenters. The zero-order valence-corrected chi connectivity index (χ0v) is 11.7. The first kappa shape index (κ1) is 11.9. The van der Waals surface area contributed by atoms with Gasteiger partial charge in [0.25, 0.3) is 0 Å². The zero-order valence-electron chi connectivity index (χ0n) is 10.9. The maximum absolute atomic E-state index is 4.37. The molecule has 0 spiro atoms. The molecule has 0 saturated carbocycles. The molecule has 0 radical (unpaired) electrons. The third-order valence-electron chi connectivity index (χ3n) is 3.82. The molecule has 94 valence electrons. The van der Waals surface area contributed by atoms with Crippen LogP contribution < -0.4 is 5.32 Å². The number of nitrogens with zero attached hydrogens (tertiary/aromatic N) is 1. The van der Waals surface area contributed by atoms with Crippen molar-refractivity contribution in [2.75, 3.05) is 13.1 Å². The Bertz CT molecular complexity index is 555. The largest absolute Gasteiger partial charge is 0.315 e. The summed E-state index contributed by atoms with van der Waals surface area (Å²) in [6.45, 7) is 6.45. The van der Waals surface area contributed by atoms with E-state index in [1.807, 2.05) is 17.5 Å². The quantitative estimate of drug-likeness (QED) is 0.915. The SMILES string of the molecule is Cc1ncc(CC2(c3ccccc3C)CNC2)s1. The molecule has 1 aromatic carbocycles. The second kappa shape index (κ2) is 4.48. The van der Waals surface area contributed by atoms with E-state index in [1.54, 1.807) is 0 Å². The van der Waals surface area contributed by atoms with E-state index in [0.717, 1.165) is 24.5 Å². The van der Waals surface area contributed by atoms with E-state index in [-0.39, 0.29) is 5.41 Å². The van der Waals surface area contributed by atoms with E-state index in [0.29, 0.717) is 0 Å². The van der Waals surface area contributed by atoms with Crippen molar-refractivity contribution in [2.45, 2.75) is 25.7 Å². The number of aryl methyl sites for hydroxylation is 2. The minimum atomic E-state index is 0.282. The van der Waals surface area contributed by atoms with Crippen molar-refractivity contribution in [3.8, 4) is 0 Å². The molecule has 0 unspecified atom stereocenters. The summed E-state index contributed by atoms with van der Waals surface area (Å²) in [6.07, 6.45) is 3.15. The molecule has 1 aliphatic rings. The molecule has 1 N–H and O–H groups in total. The van der Waals surface area contributed by atoms with Gasteiger partial charge in [0.05, 0.1) is 5.01 Å². The highest BCUT2D eigenvalue weighted by Crippen LogP contribution is 2.35. The third-order valence-corrected chi connectivity index (χ3v) is 4.74. The van der Waals surface area contributed by atoms with Gasteiger partial charge in [-0.2, -0.15) is 0 Å². The van der Waals surface area contributed by atoms with Gasteiger partial charge in [-0.15, -0.1) is 11.3 Å². The van der Waals surface area contributed by atoms with Gasteiger partial charge >= 0.3 is 0 Å². The number of benzene rings is 1. The highest BCUT2D eigenvalue weighted by Gasteiger charge is 2.39. The Morgan fingerprint density at radius 2 is 2.06 bits per heavy atom. The molecule has 2 nitrogen and oxygen atoms in total. The minimum Gasteiger partial charge on any atom is -0.315 e. The van der Waals surface area contributed by atoms with Crippen LogP contribution in [0.3, 0.4) is 0 Å². The fraction of sp³-hybridized carbons (Fsp3) is 0.400. The highest BCUT2D eigenvalue weighted by atomic mass is 32.1. The molecule has 1 saturated heterocycles. The van der Waals surface area contributed by atoms with Gasteiger partial charge < -0.3 is 5.32 Å². The van der Waals surface area contributed by atoms with Gasteiger partial charge in [-0.3, -0.25) is 0 Å². The van der Waals surface area contributed by atoms with Crippen molar-refractivity contribution >= 4 is 11.3 Å². The van der Waals surface area contributed by atoms with Gasteiger partial charge in [-0.25, -0.2) is 4.98 Å². The summed E-state index contributed by atoms with van der Waals surface area (Å²) in [6, 6.07) is 8.77. The molecule has 3 heteroatoms. The minimum absolute atomic E-state index is 0.282. The lowest BCUT2D eigenvalue weighted by Crippen LogP contribution is -2.58. The molecule has 2 heterocycles. The Morgan fingerprint density at radius 3 is 2.61 bits per heavy atom. The first-order chi connectivity index (χ1) is 8.70. The maximum Gasteiger partial charge on any atom is 0.0896 e. The molecule has 2 aromatic rings. The van der Waals surface area contributed by atoms with Crippen molar-refractivity contribution in [2.24, 2.45) is 0 Å². The van der Waals surface area contributed by atoms with Gasteiger partial charge in [-0.05, 0) is 31.4 Å². The fourth-order valence-electron chi connectivity index (χ4n) is 2.83. The molecule has 1 aromatic heterocycles. The van der Waals surface area contributed by atoms with Crippen molar-refractivity contribution < 1.29 is 0 Å². The van der Waals surface area contributed by atoms with E-state index in [1.165, 1.54) is 16.0 Å². The topological polar surface area (TPSA) is 24.9 Å². The Hall–Kier alpha value is -1.19. The summed E-state index contributed by atoms with van der Waals surface area (Å²) in [5.41, 5.74) is 3.18. The van der Waals surface area contributed by atoms with E-state index in [9.17, 15) is 0 Å². The average molecular weight is 258 g/mol. The second-order valence-electron chi connectivity index (χ2n) is 5.22. The first-order valence-corrected chi connectivity index (χ1v) is 7.19. The predicted molar refractivity (Wildman–Crippen MR) is 76.3 cm³/mol. The summed E-state index contributed by atoms with van der Waals surface area (Å²) < 4.78 is 0. The Kier molecular flexibility index (Phi) is 2.96. The van der Waals surface area contributed by atoms with Crippen LogP contribution in [0.1, 0.15) is 21.0 Å². The van der Waals surface area contributed by atoms with Crippen LogP contribution in [-0.4, -0.2) is 18.1 Å². The molecule has 0 aliphatic carbocycles. The average Bonchev–Trinajstić information content (AvgIpc) is 2.71. The first-order valence-electron chi connectivity index (χ1n) is 6.38. The van der Waals surface area contributed by atoms with Crippen LogP contribution in [0.25, 0.3) is 0 Å². The number of hydrogen-bond donors (Lipinski definition) is 1. The van der Waals surface area contributed by atoms with Gasteiger partial charge in [0.15, 0.2) is 0 Å². The summed E-state index contributed by atoms with van der Waals surface area (Å²) in [7, 11) is 0. The van der Waals surface area contributed by atoms with Crippen LogP contribution in [0.15, 0.2) is 30.5 Å². The van der Waals surface area contributed by atoms with E-state index >= 15 is 0 Å². The lowest BCUT2D eigenvalue weighted by molar-refractivity contribution is 0.275. The maximum atomic E-state index is 4.37. The van der Waals surface area contributed by atoms with Crippen LogP contribution in [0.2, 0.25) is 0 Å². The molecular formula is C15H18N2S. The van der Waals surface area contributed by atoms with Crippen LogP contribution in [-0.2, 0) is 11.8 Å². The molecule has 0 bridgehead atoms. The molecule has 0 amide bonds. The summed E-state index contributed by atoms with van der Waals surface area (Å²) >= 11 is 1.83. The Labute approximate surface area is 112 Å². The monoisotopic (exact) mass is 258 g/mol. The van der Waals surface area contributed by atoms with Gasteiger partial charge in [0.2, 0.25) is 0 Å². The summed E-state index contributed by atoms with van der Waals surface area (Å²) in [5.74, 6) is 0. The normalized spacial score (nSPS) is 17.4. The summed E-state index contributed by atoms with van der Waals surface area (Å²) in [5, 5.41) is 4.60. The van der Waals surface area contributed by atoms with E-state index in [4.69, 9.17) is 0 Å². The van der Waals surface area contributed by atoms with Crippen molar-refractivity contribution in [3.05, 3.63) is 51.5 Å². The zero-order chi connectivity index (χ0) is 12.6. The Morgan fingerprint density at radius 1 is 1.28 bits per heavy atom. The van der Waals surface area contributed by atoms with Crippen LogP contribution in [0, 0.1) is 13.8 Å². The second-order valence-corrected chi connectivity index (χ2v) is 6.54. The fourth-order valence-corrected chi connectivity index (χ4v) is 3.76. The van der Waals surface area contributed by atoms with Crippen molar-refractivity contribution in [3.63, 3.8) is 0 Å². The van der Waals surface area contributed by atoms with E-state index < -0.39 is 0 Å².